The van der Waals surface area contributed by atoms with Gasteiger partial charge in [-0.2, -0.15) is 5.10 Å². The number of nitrogens with zero attached hydrogens (tertiary/aromatic N) is 3. The van der Waals surface area contributed by atoms with Crippen molar-refractivity contribution in [1.82, 2.24) is 30.6 Å². The minimum atomic E-state index is -0.868. The molecule has 1 aromatic heterocycles. The molecule has 10 heteroatoms. The highest BCUT2D eigenvalue weighted by molar-refractivity contribution is 5.89. The van der Waals surface area contributed by atoms with Gasteiger partial charge >= 0.3 is 0 Å². The number of rotatable bonds is 11. The van der Waals surface area contributed by atoms with E-state index >= 15 is 0 Å². The molecular formula is C30H44N6O4. The smallest absolute Gasteiger partial charge is 0.245 e. The molecule has 2 aromatic rings. The fourth-order valence-corrected chi connectivity index (χ4v) is 6.48. The summed E-state index contributed by atoms with van der Waals surface area (Å²) < 4.78 is 7.95. The maximum Gasteiger partial charge on any atom is 0.245 e. The van der Waals surface area contributed by atoms with Crippen LogP contribution in [-0.2, 0) is 20.9 Å². The summed E-state index contributed by atoms with van der Waals surface area (Å²) in [6, 6.07) is 9.28. The molecule has 5 rings (SSSR count). The highest BCUT2D eigenvalue weighted by Gasteiger charge is 2.55. The van der Waals surface area contributed by atoms with Gasteiger partial charge in [-0.3, -0.25) is 19.2 Å². The highest BCUT2D eigenvalue weighted by Crippen LogP contribution is 2.42. The fraction of sp³-hybridized carbons (Fsp3) is 0.633. The van der Waals surface area contributed by atoms with Gasteiger partial charge in [0.2, 0.25) is 11.8 Å². The molecule has 3 fully saturated rings. The summed E-state index contributed by atoms with van der Waals surface area (Å²) in [6.45, 7) is 5.47. The van der Waals surface area contributed by atoms with Crippen LogP contribution in [0.3, 0.4) is 0 Å². The second-order valence-corrected chi connectivity index (χ2v) is 11.9. The Balaban J connectivity index is 1.22. The number of likely N-dealkylation sites (tertiary alicyclic amines) is 1. The Bertz CT molecular complexity index is 1130. The number of carbonyl (C=O) groups excluding carboxylic acids is 2. The van der Waals surface area contributed by atoms with Crippen LogP contribution >= 0.6 is 0 Å². The predicted molar refractivity (Wildman–Crippen MR) is 151 cm³/mol. The molecule has 4 atom stereocenters. The van der Waals surface area contributed by atoms with Gasteiger partial charge in [0.1, 0.15) is 12.3 Å². The number of hydrogen-bond donors (Lipinski definition) is 4. The van der Waals surface area contributed by atoms with E-state index in [9.17, 15) is 14.7 Å². The lowest BCUT2D eigenvalue weighted by atomic mass is 9.72. The van der Waals surface area contributed by atoms with E-state index in [1.54, 1.807) is 13.2 Å². The van der Waals surface area contributed by atoms with Gasteiger partial charge in [-0.15, -0.1) is 0 Å². The number of ether oxygens (including phenoxy) is 1. The molecule has 2 saturated heterocycles. The van der Waals surface area contributed by atoms with E-state index in [2.05, 4.69) is 21.0 Å². The van der Waals surface area contributed by atoms with Gasteiger partial charge in [0.25, 0.3) is 0 Å². The minimum Gasteiger partial charge on any atom is -0.376 e. The van der Waals surface area contributed by atoms with E-state index < -0.39 is 18.4 Å². The second kappa shape index (κ2) is 12.8. The molecule has 1 aliphatic carbocycles. The summed E-state index contributed by atoms with van der Waals surface area (Å²) in [5.74, 6) is -0.271. The monoisotopic (exact) mass is 552 g/mol. The van der Waals surface area contributed by atoms with Gasteiger partial charge in [-0.1, -0.05) is 49.6 Å². The van der Waals surface area contributed by atoms with Gasteiger partial charge in [0.05, 0.1) is 24.8 Å². The van der Waals surface area contributed by atoms with Crippen LogP contribution < -0.4 is 16.0 Å². The summed E-state index contributed by atoms with van der Waals surface area (Å²) in [5, 5.41) is 24.8. The van der Waals surface area contributed by atoms with E-state index in [0.717, 1.165) is 18.4 Å². The number of amides is 2. The first-order chi connectivity index (χ1) is 19.4. The van der Waals surface area contributed by atoms with Gasteiger partial charge in [-0.05, 0) is 31.2 Å². The third kappa shape index (κ3) is 6.40. The van der Waals surface area contributed by atoms with Gasteiger partial charge in [0, 0.05) is 57.0 Å². The Morgan fingerprint density at radius 1 is 1.20 bits per heavy atom. The zero-order chi connectivity index (χ0) is 28.1. The lowest BCUT2D eigenvalue weighted by Crippen LogP contribution is -2.62. The molecule has 0 bridgehead atoms. The SMILES string of the molecule is CNC(=O)[C@@H](NC(=O)[C@@H]1CN(C(O)c2cnn(Cc3ccccc3)c2)CC12CNC2)[C@@H](C)OCC1CCCCC1. The number of aliphatic hydroxyl groups excluding tert-OH is 1. The molecule has 2 aliphatic heterocycles. The zero-order valence-electron chi connectivity index (χ0n) is 23.7. The number of aliphatic hydroxyl groups is 1. The summed E-state index contributed by atoms with van der Waals surface area (Å²) >= 11 is 0. The first-order valence-corrected chi connectivity index (χ1v) is 14.7. The standard InChI is InChI=1S/C30H44N6O4/c1-21(40-17-23-11-7-4-8-12-23)26(28(38)31-2)34-27(37)25-16-35(20-30(25)18-32-19-30)29(39)24-13-33-36(15-24)14-22-9-5-3-6-10-22/h3,5-6,9-10,13,15,21,23,25-26,29,32,39H,4,7-8,11-12,14,16-20H2,1-2H3,(H,31,38)(H,34,37)/t21-,25+,26+,29?/m1/s1. The van der Waals surface area contributed by atoms with Crippen LogP contribution in [0.15, 0.2) is 42.7 Å². The van der Waals surface area contributed by atoms with Crippen LogP contribution in [0.2, 0.25) is 0 Å². The molecule has 4 N–H and O–H groups in total. The van der Waals surface area contributed by atoms with Crippen molar-refractivity contribution >= 4 is 11.8 Å². The molecule has 10 nitrogen and oxygen atoms in total. The largest absolute Gasteiger partial charge is 0.376 e. The van der Waals surface area contributed by atoms with Crippen LogP contribution in [0, 0.1) is 17.3 Å². The van der Waals surface area contributed by atoms with Crippen molar-refractivity contribution < 1.29 is 19.4 Å². The molecule has 2 amide bonds. The van der Waals surface area contributed by atoms with Crippen LogP contribution in [-0.4, -0.2) is 83.6 Å². The summed E-state index contributed by atoms with van der Waals surface area (Å²) in [6.07, 6.45) is 8.30. The van der Waals surface area contributed by atoms with Crippen molar-refractivity contribution in [2.75, 3.05) is 39.8 Å². The van der Waals surface area contributed by atoms with Crippen molar-refractivity contribution in [3.63, 3.8) is 0 Å². The summed E-state index contributed by atoms with van der Waals surface area (Å²) in [4.78, 5) is 28.5. The molecule has 1 unspecified atom stereocenters. The van der Waals surface area contributed by atoms with Crippen molar-refractivity contribution in [3.05, 3.63) is 53.9 Å². The normalized spacial score (nSPS) is 23.3. The first-order valence-electron chi connectivity index (χ1n) is 14.7. The molecule has 3 aliphatic rings. The Morgan fingerprint density at radius 3 is 2.62 bits per heavy atom. The van der Waals surface area contributed by atoms with Crippen molar-refractivity contribution in [1.29, 1.82) is 0 Å². The summed E-state index contributed by atoms with van der Waals surface area (Å²) in [7, 11) is 1.58. The number of nitrogens with one attached hydrogen (secondary N) is 3. The second-order valence-electron chi connectivity index (χ2n) is 11.9. The Morgan fingerprint density at radius 2 is 1.95 bits per heavy atom. The van der Waals surface area contributed by atoms with E-state index in [1.807, 2.05) is 53.0 Å². The Hall–Kier alpha value is -2.79. The minimum absolute atomic E-state index is 0.169. The van der Waals surface area contributed by atoms with Crippen LogP contribution in [0.1, 0.15) is 56.4 Å². The average molecular weight is 553 g/mol. The predicted octanol–water partition coefficient (Wildman–Crippen LogP) is 1.66. The molecule has 40 heavy (non-hydrogen) atoms. The van der Waals surface area contributed by atoms with Crippen LogP contribution in [0.5, 0.6) is 0 Å². The lowest BCUT2D eigenvalue weighted by Gasteiger charge is -2.43. The number of benzene rings is 1. The molecule has 1 aromatic carbocycles. The quantitative estimate of drug-likeness (QED) is 0.335. The zero-order valence-corrected chi connectivity index (χ0v) is 23.7. The molecule has 3 heterocycles. The van der Waals surface area contributed by atoms with E-state index in [-0.39, 0.29) is 23.1 Å². The average Bonchev–Trinajstić information content (AvgIpc) is 3.60. The third-order valence-electron chi connectivity index (χ3n) is 9.05. The number of aromatic nitrogens is 2. The van der Waals surface area contributed by atoms with E-state index in [4.69, 9.17) is 4.74 Å². The maximum atomic E-state index is 13.7. The first kappa shape index (κ1) is 28.7. The van der Waals surface area contributed by atoms with Crippen molar-refractivity contribution in [2.24, 2.45) is 17.3 Å². The molecular weight excluding hydrogens is 508 g/mol. The molecule has 1 spiro atoms. The number of likely N-dealkylation sites (N-methyl/N-ethyl adjacent to an activating group) is 1. The lowest BCUT2D eigenvalue weighted by molar-refractivity contribution is -0.137. The summed E-state index contributed by atoms with van der Waals surface area (Å²) in [5.41, 5.74) is 1.55. The van der Waals surface area contributed by atoms with Gasteiger partial charge < -0.3 is 25.8 Å². The Labute approximate surface area is 236 Å². The molecule has 218 valence electrons. The third-order valence-corrected chi connectivity index (χ3v) is 9.05. The topological polar surface area (TPSA) is 121 Å². The van der Waals surface area contributed by atoms with Gasteiger partial charge in [0.15, 0.2) is 0 Å². The van der Waals surface area contributed by atoms with Crippen molar-refractivity contribution in [3.8, 4) is 0 Å². The fourth-order valence-electron chi connectivity index (χ4n) is 6.48. The van der Waals surface area contributed by atoms with Crippen LogP contribution in [0.25, 0.3) is 0 Å². The van der Waals surface area contributed by atoms with Gasteiger partial charge in [-0.25, -0.2) is 0 Å². The van der Waals surface area contributed by atoms with Crippen LogP contribution in [0.4, 0.5) is 0 Å². The van der Waals surface area contributed by atoms with E-state index in [1.165, 1.54) is 19.3 Å². The Kier molecular flexibility index (Phi) is 9.20. The van der Waals surface area contributed by atoms with Crippen molar-refractivity contribution in [2.45, 2.75) is 63.9 Å². The highest BCUT2D eigenvalue weighted by atomic mass is 16.5. The van der Waals surface area contributed by atoms with E-state index in [0.29, 0.717) is 50.8 Å². The molecule has 0 radical (unpaired) electrons. The number of carbonyl (C=O) groups is 2. The maximum absolute atomic E-state index is 13.7. The molecule has 1 saturated carbocycles. The number of hydrogen-bond acceptors (Lipinski definition) is 7.